The molecule has 1 heterocycles. The van der Waals surface area contributed by atoms with E-state index < -0.39 is 0 Å². The van der Waals surface area contributed by atoms with Crippen LogP contribution in [0, 0.1) is 0 Å². The van der Waals surface area contributed by atoms with Crippen molar-refractivity contribution in [1.29, 1.82) is 0 Å². The summed E-state index contributed by atoms with van der Waals surface area (Å²) in [7, 11) is 0. The molecule has 0 saturated carbocycles. The Kier molecular flexibility index (Phi) is 4.07. The molecule has 1 aromatic heterocycles. The molecule has 3 rings (SSSR count). The van der Waals surface area contributed by atoms with Gasteiger partial charge >= 0.3 is 0 Å². The van der Waals surface area contributed by atoms with Crippen LogP contribution < -0.4 is 10.1 Å². The minimum Gasteiger partial charge on any atom is -0.492 e. The Morgan fingerprint density at radius 2 is 1.67 bits per heavy atom. The molecule has 0 aliphatic heterocycles. The van der Waals surface area contributed by atoms with Gasteiger partial charge in [0.2, 0.25) is 5.95 Å². The first kappa shape index (κ1) is 13.1. The fourth-order valence-electron chi connectivity index (χ4n) is 1.89. The molecule has 0 atom stereocenters. The van der Waals surface area contributed by atoms with Crippen molar-refractivity contribution in [3.8, 4) is 11.4 Å². The van der Waals surface area contributed by atoms with Crippen molar-refractivity contribution in [2.75, 3.05) is 18.5 Å². The Hall–Kier alpha value is -2.89. The molecule has 106 valence electrons. The molecule has 0 saturated heterocycles. The summed E-state index contributed by atoms with van der Waals surface area (Å²) < 4.78 is 7.26. The molecule has 3 aromatic rings. The minimum atomic E-state index is 0.533. The fourth-order valence-corrected chi connectivity index (χ4v) is 1.89. The third kappa shape index (κ3) is 3.36. The molecular weight excluding hydrogens is 266 g/mol. The van der Waals surface area contributed by atoms with Crippen LogP contribution in [0.1, 0.15) is 0 Å². The second kappa shape index (κ2) is 6.51. The summed E-state index contributed by atoms with van der Waals surface area (Å²) in [6.45, 7) is 1.15. The SMILES string of the molecule is c1ccc(OCCNc2nnnn2-c2ccccc2)cc1. The lowest BCUT2D eigenvalue weighted by atomic mass is 10.3. The highest BCUT2D eigenvalue weighted by atomic mass is 16.5. The van der Waals surface area contributed by atoms with Gasteiger partial charge in [0.15, 0.2) is 0 Å². The lowest BCUT2D eigenvalue weighted by Gasteiger charge is -2.08. The minimum absolute atomic E-state index is 0.533. The number of ether oxygens (including phenoxy) is 1. The molecule has 2 aromatic carbocycles. The smallest absolute Gasteiger partial charge is 0.247 e. The third-order valence-electron chi connectivity index (χ3n) is 2.87. The third-order valence-corrected chi connectivity index (χ3v) is 2.87. The zero-order valence-electron chi connectivity index (χ0n) is 11.4. The maximum Gasteiger partial charge on any atom is 0.247 e. The number of hydrogen-bond acceptors (Lipinski definition) is 5. The molecule has 6 nitrogen and oxygen atoms in total. The van der Waals surface area contributed by atoms with E-state index in [9.17, 15) is 0 Å². The lowest BCUT2D eigenvalue weighted by molar-refractivity contribution is 0.332. The van der Waals surface area contributed by atoms with E-state index >= 15 is 0 Å². The number of aromatic nitrogens is 4. The van der Waals surface area contributed by atoms with Crippen LogP contribution >= 0.6 is 0 Å². The summed E-state index contributed by atoms with van der Waals surface area (Å²) in [6, 6.07) is 19.4. The molecule has 6 heteroatoms. The van der Waals surface area contributed by atoms with E-state index in [1.165, 1.54) is 0 Å². The number of anilines is 1. The molecule has 0 spiro atoms. The van der Waals surface area contributed by atoms with Gasteiger partial charge in [-0.1, -0.05) is 41.5 Å². The second-order valence-electron chi connectivity index (χ2n) is 4.34. The van der Waals surface area contributed by atoms with Crippen molar-refractivity contribution in [1.82, 2.24) is 20.2 Å². The largest absolute Gasteiger partial charge is 0.492 e. The molecule has 0 unspecified atom stereocenters. The van der Waals surface area contributed by atoms with Gasteiger partial charge in [-0.05, 0) is 34.7 Å². The Morgan fingerprint density at radius 1 is 0.952 bits per heavy atom. The number of nitrogens with zero attached hydrogens (tertiary/aromatic N) is 4. The topological polar surface area (TPSA) is 64.9 Å². The van der Waals surface area contributed by atoms with Crippen LogP contribution in [-0.2, 0) is 0 Å². The first-order valence-corrected chi connectivity index (χ1v) is 6.69. The molecule has 1 N–H and O–H groups in total. The van der Waals surface area contributed by atoms with Crippen LogP contribution in [-0.4, -0.2) is 33.4 Å². The average molecular weight is 281 g/mol. The van der Waals surface area contributed by atoms with Crippen molar-refractivity contribution in [3.05, 3.63) is 60.7 Å². The predicted molar refractivity (Wildman–Crippen MR) is 79.6 cm³/mol. The molecule has 0 aliphatic carbocycles. The zero-order valence-corrected chi connectivity index (χ0v) is 11.4. The highest BCUT2D eigenvalue weighted by Gasteiger charge is 2.06. The van der Waals surface area contributed by atoms with Gasteiger partial charge < -0.3 is 10.1 Å². The van der Waals surface area contributed by atoms with Gasteiger partial charge in [0.25, 0.3) is 0 Å². The molecule has 0 radical (unpaired) electrons. The van der Waals surface area contributed by atoms with Crippen LogP contribution in [0.5, 0.6) is 5.75 Å². The maximum absolute atomic E-state index is 5.61. The van der Waals surface area contributed by atoms with Gasteiger partial charge in [0, 0.05) is 0 Å². The zero-order chi connectivity index (χ0) is 14.3. The van der Waals surface area contributed by atoms with Gasteiger partial charge in [-0.15, -0.1) is 0 Å². The second-order valence-corrected chi connectivity index (χ2v) is 4.34. The monoisotopic (exact) mass is 281 g/mol. The predicted octanol–water partition coefficient (Wildman–Crippen LogP) is 2.15. The average Bonchev–Trinajstić information content (AvgIpc) is 3.02. The summed E-state index contributed by atoms with van der Waals surface area (Å²) in [5.74, 6) is 1.44. The Balaban J connectivity index is 1.56. The van der Waals surface area contributed by atoms with Gasteiger partial charge in [-0.25, -0.2) is 0 Å². The summed E-state index contributed by atoms with van der Waals surface area (Å²) in [4.78, 5) is 0. The standard InChI is InChI=1S/C15H15N5O/c1-3-7-13(8-4-1)20-15(17-18-19-20)16-11-12-21-14-9-5-2-6-10-14/h1-10H,11-12H2,(H,16,17,19). The van der Waals surface area contributed by atoms with E-state index in [2.05, 4.69) is 20.8 Å². The van der Waals surface area contributed by atoms with Crippen molar-refractivity contribution < 1.29 is 4.74 Å². The van der Waals surface area contributed by atoms with E-state index in [-0.39, 0.29) is 0 Å². The lowest BCUT2D eigenvalue weighted by Crippen LogP contribution is -2.14. The van der Waals surface area contributed by atoms with Crippen LogP contribution in [0.25, 0.3) is 5.69 Å². The van der Waals surface area contributed by atoms with Crippen molar-refractivity contribution in [2.24, 2.45) is 0 Å². The van der Waals surface area contributed by atoms with E-state index in [1.54, 1.807) is 4.68 Å². The van der Waals surface area contributed by atoms with Crippen LogP contribution in [0.3, 0.4) is 0 Å². The molecular formula is C15H15N5O. The number of hydrogen-bond donors (Lipinski definition) is 1. The quantitative estimate of drug-likeness (QED) is 0.701. The number of tetrazole rings is 1. The summed E-state index contributed by atoms with van der Waals surface area (Å²) in [6.07, 6.45) is 0. The van der Waals surface area contributed by atoms with E-state index in [0.29, 0.717) is 19.1 Å². The van der Waals surface area contributed by atoms with Crippen molar-refractivity contribution >= 4 is 5.95 Å². The Morgan fingerprint density at radius 3 is 2.43 bits per heavy atom. The van der Waals surface area contributed by atoms with Crippen molar-refractivity contribution in [2.45, 2.75) is 0 Å². The van der Waals surface area contributed by atoms with Crippen LogP contribution in [0.15, 0.2) is 60.7 Å². The molecule has 0 aliphatic rings. The van der Waals surface area contributed by atoms with Gasteiger partial charge in [-0.2, -0.15) is 4.68 Å². The van der Waals surface area contributed by atoms with E-state index in [0.717, 1.165) is 11.4 Å². The normalized spacial score (nSPS) is 10.3. The van der Waals surface area contributed by atoms with E-state index in [1.807, 2.05) is 60.7 Å². The highest BCUT2D eigenvalue weighted by Crippen LogP contribution is 2.11. The van der Waals surface area contributed by atoms with Crippen LogP contribution in [0.2, 0.25) is 0 Å². The van der Waals surface area contributed by atoms with Gasteiger partial charge in [0.05, 0.1) is 12.2 Å². The summed E-state index contributed by atoms with van der Waals surface area (Å²) in [5.41, 5.74) is 0.911. The molecule has 21 heavy (non-hydrogen) atoms. The Bertz CT molecular complexity index is 669. The van der Waals surface area contributed by atoms with Crippen LogP contribution in [0.4, 0.5) is 5.95 Å². The fraction of sp³-hybridized carbons (Fsp3) is 0.133. The van der Waals surface area contributed by atoms with Crippen molar-refractivity contribution in [3.63, 3.8) is 0 Å². The first-order chi connectivity index (χ1) is 10.4. The number of rotatable bonds is 6. The summed E-state index contributed by atoms with van der Waals surface area (Å²) in [5, 5.41) is 14.8. The summed E-state index contributed by atoms with van der Waals surface area (Å²) >= 11 is 0. The number of nitrogens with one attached hydrogen (secondary N) is 1. The highest BCUT2D eigenvalue weighted by molar-refractivity contribution is 5.38. The maximum atomic E-state index is 5.61. The Labute approximate surface area is 122 Å². The number of para-hydroxylation sites is 2. The van der Waals surface area contributed by atoms with Gasteiger partial charge in [0.1, 0.15) is 12.4 Å². The first-order valence-electron chi connectivity index (χ1n) is 6.69. The molecule has 0 fully saturated rings. The van der Waals surface area contributed by atoms with E-state index in [4.69, 9.17) is 4.74 Å². The molecule has 0 bridgehead atoms. The molecule has 0 amide bonds. The number of benzene rings is 2. The van der Waals surface area contributed by atoms with Gasteiger partial charge in [-0.3, -0.25) is 0 Å².